The topological polar surface area (TPSA) is 9.23 Å². The second-order valence-electron chi connectivity index (χ2n) is 6.26. The lowest BCUT2D eigenvalue weighted by atomic mass is 9.90. The number of benzene rings is 2. The molecule has 0 aromatic heterocycles. The van der Waals surface area contributed by atoms with Crippen molar-refractivity contribution >= 4 is 0 Å². The third kappa shape index (κ3) is 5.74. The quantitative estimate of drug-likeness (QED) is 0.417. The highest BCUT2D eigenvalue weighted by atomic mass is 16.5. The molecule has 0 heterocycles. The van der Waals surface area contributed by atoms with Crippen LogP contribution >= 0.6 is 0 Å². The van der Waals surface area contributed by atoms with Crippen LogP contribution < -0.4 is 4.74 Å². The second-order valence-corrected chi connectivity index (χ2v) is 6.26. The van der Waals surface area contributed by atoms with Crippen LogP contribution in [-0.2, 0) is 0 Å². The fourth-order valence-electron chi connectivity index (χ4n) is 3.10. The summed E-state index contributed by atoms with van der Waals surface area (Å²) in [6.07, 6.45) is 9.15. The summed E-state index contributed by atoms with van der Waals surface area (Å²) in [5.74, 6) is 2.52. The number of unbranched alkanes of at least 4 members (excludes halogenated alkanes) is 4. The molecule has 2 aromatic rings. The highest BCUT2D eigenvalue weighted by molar-refractivity contribution is 5.39. The standard InChI is InChI=1S/C22H30O/c1-3-5-6-7-9-14-19(4-2)21-17-12-13-18-22(21)23-20-15-10-8-11-16-20/h8,10-13,15-19H,3-7,9,14H2,1-2H3. The molecule has 0 aliphatic rings. The Labute approximate surface area is 141 Å². The van der Waals surface area contributed by atoms with E-state index in [9.17, 15) is 0 Å². The van der Waals surface area contributed by atoms with Gasteiger partial charge < -0.3 is 4.74 Å². The van der Waals surface area contributed by atoms with Crippen LogP contribution in [-0.4, -0.2) is 0 Å². The SMILES string of the molecule is CCCCCCCC(CC)c1ccccc1Oc1ccccc1. The molecule has 0 spiro atoms. The number of rotatable bonds is 10. The van der Waals surface area contributed by atoms with E-state index in [0.29, 0.717) is 5.92 Å². The summed E-state index contributed by atoms with van der Waals surface area (Å²) in [6, 6.07) is 18.6. The van der Waals surface area contributed by atoms with Crippen molar-refractivity contribution in [2.45, 2.75) is 64.7 Å². The molecule has 1 atom stereocenters. The molecule has 0 saturated carbocycles. The van der Waals surface area contributed by atoms with E-state index in [1.165, 1.54) is 50.5 Å². The third-order valence-electron chi connectivity index (χ3n) is 4.48. The van der Waals surface area contributed by atoms with Crippen LogP contribution in [0.3, 0.4) is 0 Å². The van der Waals surface area contributed by atoms with E-state index in [2.05, 4.69) is 38.1 Å². The lowest BCUT2D eigenvalue weighted by molar-refractivity contribution is 0.458. The first-order valence-corrected chi connectivity index (χ1v) is 9.17. The van der Waals surface area contributed by atoms with E-state index in [1.807, 2.05) is 30.3 Å². The van der Waals surface area contributed by atoms with Crippen LogP contribution in [0.15, 0.2) is 54.6 Å². The van der Waals surface area contributed by atoms with Gasteiger partial charge in [0.1, 0.15) is 11.5 Å². The summed E-state index contributed by atoms with van der Waals surface area (Å²) < 4.78 is 6.14. The van der Waals surface area contributed by atoms with Gasteiger partial charge in [-0.25, -0.2) is 0 Å². The molecular formula is C22H30O. The first-order chi connectivity index (χ1) is 11.3. The molecule has 0 radical (unpaired) electrons. The molecule has 23 heavy (non-hydrogen) atoms. The summed E-state index contributed by atoms with van der Waals surface area (Å²) in [5, 5.41) is 0. The molecule has 0 aliphatic carbocycles. The molecule has 1 heteroatoms. The lowest BCUT2D eigenvalue weighted by Gasteiger charge is -2.19. The van der Waals surface area contributed by atoms with Gasteiger partial charge in [0.2, 0.25) is 0 Å². The Morgan fingerprint density at radius 2 is 1.48 bits per heavy atom. The fourth-order valence-corrected chi connectivity index (χ4v) is 3.10. The molecule has 0 fully saturated rings. The van der Waals surface area contributed by atoms with Gasteiger partial charge in [0, 0.05) is 0 Å². The fraction of sp³-hybridized carbons (Fsp3) is 0.455. The van der Waals surface area contributed by atoms with E-state index in [-0.39, 0.29) is 0 Å². The Morgan fingerprint density at radius 3 is 2.22 bits per heavy atom. The maximum atomic E-state index is 6.14. The van der Waals surface area contributed by atoms with Crippen LogP contribution in [0.2, 0.25) is 0 Å². The Balaban J connectivity index is 2.01. The zero-order valence-electron chi connectivity index (χ0n) is 14.6. The van der Waals surface area contributed by atoms with Gasteiger partial charge >= 0.3 is 0 Å². The average Bonchev–Trinajstić information content (AvgIpc) is 2.60. The van der Waals surface area contributed by atoms with Crippen molar-refractivity contribution in [3.8, 4) is 11.5 Å². The molecule has 0 saturated heterocycles. The van der Waals surface area contributed by atoms with Crippen molar-refractivity contribution in [1.29, 1.82) is 0 Å². The molecule has 2 rings (SSSR count). The van der Waals surface area contributed by atoms with Gasteiger partial charge in [0.25, 0.3) is 0 Å². The zero-order chi connectivity index (χ0) is 16.3. The van der Waals surface area contributed by atoms with Crippen molar-refractivity contribution in [1.82, 2.24) is 0 Å². The first kappa shape index (κ1) is 17.6. The van der Waals surface area contributed by atoms with Crippen LogP contribution in [0.25, 0.3) is 0 Å². The molecule has 2 aromatic carbocycles. The summed E-state index contributed by atoms with van der Waals surface area (Å²) in [4.78, 5) is 0. The molecular weight excluding hydrogens is 280 g/mol. The van der Waals surface area contributed by atoms with E-state index >= 15 is 0 Å². The normalized spacial score (nSPS) is 12.1. The van der Waals surface area contributed by atoms with E-state index in [0.717, 1.165) is 11.5 Å². The van der Waals surface area contributed by atoms with Crippen molar-refractivity contribution in [2.24, 2.45) is 0 Å². The monoisotopic (exact) mass is 310 g/mol. The van der Waals surface area contributed by atoms with Gasteiger partial charge in [-0.15, -0.1) is 0 Å². The summed E-state index contributed by atoms with van der Waals surface area (Å²) >= 11 is 0. The minimum Gasteiger partial charge on any atom is -0.457 e. The van der Waals surface area contributed by atoms with Crippen molar-refractivity contribution < 1.29 is 4.74 Å². The molecule has 124 valence electrons. The smallest absolute Gasteiger partial charge is 0.130 e. The first-order valence-electron chi connectivity index (χ1n) is 9.17. The Kier molecular flexibility index (Phi) is 7.72. The molecule has 1 unspecified atom stereocenters. The third-order valence-corrected chi connectivity index (χ3v) is 4.48. The average molecular weight is 310 g/mol. The van der Waals surface area contributed by atoms with Gasteiger partial charge in [0.15, 0.2) is 0 Å². The van der Waals surface area contributed by atoms with Gasteiger partial charge in [-0.2, -0.15) is 0 Å². The van der Waals surface area contributed by atoms with Crippen molar-refractivity contribution in [3.05, 3.63) is 60.2 Å². The molecule has 0 bridgehead atoms. The number of para-hydroxylation sites is 2. The zero-order valence-corrected chi connectivity index (χ0v) is 14.6. The summed E-state index contributed by atoms with van der Waals surface area (Å²) in [6.45, 7) is 4.56. The second kappa shape index (κ2) is 10.1. The lowest BCUT2D eigenvalue weighted by Crippen LogP contribution is -2.00. The maximum Gasteiger partial charge on any atom is 0.130 e. The number of hydrogen-bond acceptors (Lipinski definition) is 1. The number of ether oxygens (including phenoxy) is 1. The highest BCUT2D eigenvalue weighted by Gasteiger charge is 2.14. The maximum absolute atomic E-state index is 6.14. The van der Waals surface area contributed by atoms with Crippen LogP contribution in [0.4, 0.5) is 0 Å². The van der Waals surface area contributed by atoms with Gasteiger partial charge in [0.05, 0.1) is 0 Å². The molecule has 0 amide bonds. The van der Waals surface area contributed by atoms with Gasteiger partial charge in [-0.3, -0.25) is 0 Å². The Bertz CT molecular complexity index is 547. The van der Waals surface area contributed by atoms with Gasteiger partial charge in [-0.05, 0) is 42.5 Å². The van der Waals surface area contributed by atoms with E-state index in [1.54, 1.807) is 0 Å². The minimum atomic E-state index is 0.594. The predicted molar refractivity (Wildman–Crippen MR) is 99.4 cm³/mol. The van der Waals surface area contributed by atoms with Crippen LogP contribution in [0, 0.1) is 0 Å². The minimum absolute atomic E-state index is 0.594. The van der Waals surface area contributed by atoms with Crippen LogP contribution in [0.1, 0.15) is 70.3 Å². The Morgan fingerprint density at radius 1 is 0.783 bits per heavy atom. The van der Waals surface area contributed by atoms with E-state index in [4.69, 9.17) is 4.74 Å². The van der Waals surface area contributed by atoms with Crippen LogP contribution in [0.5, 0.6) is 11.5 Å². The molecule has 0 aliphatic heterocycles. The van der Waals surface area contributed by atoms with Gasteiger partial charge in [-0.1, -0.05) is 82.3 Å². The summed E-state index contributed by atoms with van der Waals surface area (Å²) in [5.41, 5.74) is 1.36. The summed E-state index contributed by atoms with van der Waals surface area (Å²) in [7, 11) is 0. The highest BCUT2D eigenvalue weighted by Crippen LogP contribution is 2.35. The molecule has 0 N–H and O–H groups in total. The Hall–Kier alpha value is -1.76. The van der Waals surface area contributed by atoms with Crippen molar-refractivity contribution in [3.63, 3.8) is 0 Å². The van der Waals surface area contributed by atoms with E-state index < -0.39 is 0 Å². The molecule has 1 nitrogen and oxygen atoms in total. The largest absolute Gasteiger partial charge is 0.457 e. The van der Waals surface area contributed by atoms with Crippen molar-refractivity contribution in [2.75, 3.05) is 0 Å². The number of hydrogen-bond donors (Lipinski definition) is 0. The predicted octanol–water partition coefficient (Wildman–Crippen LogP) is 7.33.